The van der Waals surface area contributed by atoms with E-state index >= 15 is 0 Å². The summed E-state index contributed by atoms with van der Waals surface area (Å²) in [5.41, 5.74) is 2.14. The molecule has 1 aliphatic rings. The molecule has 2 aromatic rings. The fraction of sp³-hybridized carbons (Fsp3) is 0.364. The molecule has 2 unspecified atom stereocenters. The highest BCUT2D eigenvalue weighted by Crippen LogP contribution is 2.26. The minimum atomic E-state index is -0.726. The van der Waals surface area contributed by atoms with Crippen LogP contribution in [0.4, 0.5) is 0 Å². The molecule has 8 heteroatoms. The Bertz CT molecular complexity index is 943. The molecule has 0 aliphatic carbocycles. The molecular weight excluding hydrogens is 390 g/mol. The third-order valence-electron chi connectivity index (χ3n) is 5.19. The molecule has 0 bridgehead atoms. The number of esters is 2. The van der Waals surface area contributed by atoms with Gasteiger partial charge in [0, 0.05) is 0 Å². The minimum Gasteiger partial charge on any atom is -0.508 e. The summed E-state index contributed by atoms with van der Waals surface area (Å²) in [6.45, 7) is 1.55. The Morgan fingerprint density at radius 2 is 1.57 bits per heavy atom. The van der Waals surface area contributed by atoms with Crippen molar-refractivity contribution < 1.29 is 34.4 Å². The smallest absolute Gasteiger partial charge is 0.323 e. The molecule has 3 rings (SSSR count). The fourth-order valence-corrected chi connectivity index (χ4v) is 3.33. The highest BCUT2D eigenvalue weighted by Gasteiger charge is 2.32. The van der Waals surface area contributed by atoms with Gasteiger partial charge in [-0.25, -0.2) is 0 Å². The van der Waals surface area contributed by atoms with Crippen LogP contribution in [0.25, 0.3) is 0 Å². The van der Waals surface area contributed by atoms with Crippen molar-refractivity contribution in [1.82, 2.24) is 4.90 Å². The molecule has 160 valence electrons. The van der Waals surface area contributed by atoms with Gasteiger partial charge in [-0.1, -0.05) is 18.2 Å². The molecule has 1 fully saturated rings. The Labute approximate surface area is 174 Å². The Hall–Kier alpha value is -3.26. The highest BCUT2D eigenvalue weighted by atomic mass is 16.6. The van der Waals surface area contributed by atoms with Crippen molar-refractivity contribution in [3.8, 4) is 17.2 Å². The Morgan fingerprint density at radius 1 is 0.900 bits per heavy atom. The average Bonchev–Trinajstić information content (AvgIpc) is 2.75. The van der Waals surface area contributed by atoms with Crippen LogP contribution in [0.2, 0.25) is 0 Å². The first kappa shape index (κ1) is 21.4. The molecular formula is C22H25NO7. The third-order valence-corrected chi connectivity index (χ3v) is 5.19. The van der Waals surface area contributed by atoms with Crippen LogP contribution in [0.3, 0.4) is 0 Å². The van der Waals surface area contributed by atoms with E-state index in [9.17, 15) is 24.9 Å². The highest BCUT2D eigenvalue weighted by molar-refractivity contribution is 5.78. The van der Waals surface area contributed by atoms with Crippen molar-refractivity contribution >= 4 is 11.9 Å². The van der Waals surface area contributed by atoms with Crippen LogP contribution in [0, 0.1) is 12.8 Å². The number of carbonyl (C=O) groups is 2. The number of phenolic OH excluding ortho intramolecular Hbond substituents is 3. The van der Waals surface area contributed by atoms with Crippen molar-refractivity contribution in [2.45, 2.75) is 25.8 Å². The molecule has 0 saturated carbocycles. The predicted molar refractivity (Wildman–Crippen MR) is 107 cm³/mol. The molecule has 30 heavy (non-hydrogen) atoms. The normalized spacial score (nSPS) is 20.6. The van der Waals surface area contributed by atoms with E-state index in [1.807, 2.05) is 0 Å². The van der Waals surface area contributed by atoms with Gasteiger partial charge < -0.3 is 24.8 Å². The maximum atomic E-state index is 12.7. The number of cyclic esters (lactones) is 2. The maximum absolute atomic E-state index is 12.7. The number of likely N-dealkylation sites (N-methyl/N-ethyl adjacent to an activating group) is 1. The second kappa shape index (κ2) is 9.04. The summed E-state index contributed by atoms with van der Waals surface area (Å²) in [7, 11) is 1.64. The van der Waals surface area contributed by atoms with Gasteiger partial charge in [-0.05, 0) is 61.7 Å². The molecule has 8 nitrogen and oxygen atoms in total. The zero-order valence-electron chi connectivity index (χ0n) is 16.9. The number of hydrogen-bond donors (Lipinski definition) is 3. The third kappa shape index (κ3) is 5.01. The van der Waals surface area contributed by atoms with Crippen molar-refractivity contribution in [2.75, 3.05) is 20.4 Å². The number of aromatic hydroxyl groups is 3. The van der Waals surface area contributed by atoms with E-state index in [0.717, 1.165) is 5.56 Å². The summed E-state index contributed by atoms with van der Waals surface area (Å²) in [6, 6.07) is 8.67. The number of rotatable bonds is 4. The standard InChI is InChI=1S/C22H25NO7/c1-13-7-14(3-5-18(13)24)8-16-11-29-22(28)17(23(2)12-30-21(16)27)9-15-4-6-19(25)20(26)10-15/h3-7,10,16-17,24-26H,8-9,11-12H2,1-2H3. The second-order valence-corrected chi connectivity index (χ2v) is 7.54. The van der Waals surface area contributed by atoms with Gasteiger partial charge in [0.25, 0.3) is 0 Å². The van der Waals surface area contributed by atoms with Crippen molar-refractivity contribution in [2.24, 2.45) is 5.92 Å². The van der Waals surface area contributed by atoms with E-state index in [2.05, 4.69) is 0 Å². The summed E-state index contributed by atoms with van der Waals surface area (Å²) < 4.78 is 10.8. The molecule has 2 atom stereocenters. The first-order valence-electron chi connectivity index (χ1n) is 9.57. The molecule has 1 saturated heterocycles. The van der Waals surface area contributed by atoms with Crippen LogP contribution in [0.1, 0.15) is 16.7 Å². The molecule has 3 N–H and O–H groups in total. The lowest BCUT2D eigenvalue weighted by Gasteiger charge is -2.24. The SMILES string of the molecule is Cc1cc(CC2COC(=O)C(Cc3ccc(O)c(O)c3)N(C)COC2=O)ccc1O. The topological polar surface area (TPSA) is 117 Å². The van der Waals surface area contributed by atoms with Gasteiger partial charge in [-0.3, -0.25) is 14.5 Å². The lowest BCUT2D eigenvalue weighted by atomic mass is 9.98. The zero-order valence-corrected chi connectivity index (χ0v) is 16.9. The minimum absolute atomic E-state index is 0.0895. The number of aryl methyl sites for hydroxylation is 1. The fourth-order valence-electron chi connectivity index (χ4n) is 3.33. The molecule has 1 heterocycles. The van der Waals surface area contributed by atoms with Gasteiger partial charge in [0.2, 0.25) is 0 Å². The van der Waals surface area contributed by atoms with Crippen LogP contribution in [-0.4, -0.2) is 58.6 Å². The Morgan fingerprint density at radius 3 is 2.23 bits per heavy atom. The van der Waals surface area contributed by atoms with Gasteiger partial charge in [-0.2, -0.15) is 0 Å². The molecule has 0 radical (unpaired) electrons. The summed E-state index contributed by atoms with van der Waals surface area (Å²) in [5, 5.41) is 28.8. The van der Waals surface area contributed by atoms with E-state index in [0.29, 0.717) is 17.5 Å². The van der Waals surface area contributed by atoms with Gasteiger partial charge in [0.05, 0.1) is 5.92 Å². The van der Waals surface area contributed by atoms with Crippen LogP contribution in [0.15, 0.2) is 36.4 Å². The van der Waals surface area contributed by atoms with E-state index in [1.165, 1.54) is 12.1 Å². The zero-order chi connectivity index (χ0) is 21.8. The molecule has 0 spiro atoms. The van der Waals surface area contributed by atoms with Gasteiger partial charge >= 0.3 is 11.9 Å². The summed E-state index contributed by atoms with van der Waals surface area (Å²) in [6.07, 6.45) is 0.524. The summed E-state index contributed by atoms with van der Waals surface area (Å²) in [4.78, 5) is 26.8. The average molecular weight is 415 g/mol. The predicted octanol–water partition coefficient (Wildman–Crippen LogP) is 1.87. The molecule has 1 aliphatic heterocycles. The van der Waals surface area contributed by atoms with Crippen LogP contribution < -0.4 is 0 Å². The molecule has 2 aromatic carbocycles. The quantitative estimate of drug-likeness (QED) is 0.512. The van der Waals surface area contributed by atoms with E-state index < -0.39 is 23.9 Å². The van der Waals surface area contributed by atoms with Crippen molar-refractivity contribution in [3.05, 3.63) is 53.1 Å². The van der Waals surface area contributed by atoms with Crippen LogP contribution >= 0.6 is 0 Å². The Balaban J connectivity index is 1.73. The van der Waals surface area contributed by atoms with Gasteiger partial charge in [0.15, 0.2) is 11.5 Å². The van der Waals surface area contributed by atoms with E-state index in [1.54, 1.807) is 43.1 Å². The van der Waals surface area contributed by atoms with Gasteiger partial charge in [-0.15, -0.1) is 0 Å². The van der Waals surface area contributed by atoms with Gasteiger partial charge in [0.1, 0.15) is 25.1 Å². The number of ether oxygens (including phenoxy) is 2. The number of carbonyl (C=O) groups excluding carboxylic acids is 2. The van der Waals surface area contributed by atoms with Crippen molar-refractivity contribution in [3.63, 3.8) is 0 Å². The number of nitrogens with zero attached hydrogens (tertiary/aromatic N) is 1. The lowest BCUT2D eigenvalue weighted by Crippen LogP contribution is -2.42. The number of benzene rings is 2. The lowest BCUT2D eigenvalue weighted by molar-refractivity contribution is -0.153. The largest absolute Gasteiger partial charge is 0.508 e. The van der Waals surface area contributed by atoms with Crippen molar-refractivity contribution in [1.29, 1.82) is 0 Å². The van der Waals surface area contributed by atoms with E-state index in [-0.39, 0.29) is 37.0 Å². The number of phenols is 3. The molecule has 0 amide bonds. The van der Waals surface area contributed by atoms with Crippen LogP contribution in [0.5, 0.6) is 17.2 Å². The summed E-state index contributed by atoms with van der Waals surface area (Å²) >= 11 is 0. The second-order valence-electron chi connectivity index (χ2n) is 7.54. The van der Waals surface area contributed by atoms with E-state index in [4.69, 9.17) is 9.47 Å². The summed E-state index contributed by atoms with van der Waals surface area (Å²) in [5.74, 6) is -1.99. The first-order valence-corrected chi connectivity index (χ1v) is 9.57. The first-order chi connectivity index (χ1) is 14.2. The number of hydrogen-bond acceptors (Lipinski definition) is 8. The van der Waals surface area contributed by atoms with Crippen LogP contribution in [-0.2, 0) is 31.9 Å². The monoisotopic (exact) mass is 415 g/mol. The molecule has 0 aromatic heterocycles. The maximum Gasteiger partial charge on any atom is 0.323 e. The Kier molecular flexibility index (Phi) is 6.47.